The van der Waals surface area contributed by atoms with E-state index in [1.165, 1.54) is 4.90 Å². The van der Waals surface area contributed by atoms with Crippen LogP contribution in [0.4, 0.5) is 5.82 Å². The summed E-state index contributed by atoms with van der Waals surface area (Å²) in [6.45, 7) is 0.573. The van der Waals surface area contributed by atoms with Crippen LogP contribution in [0, 0.1) is 18.3 Å². The maximum atomic E-state index is 12.0. The zero-order valence-electron chi connectivity index (χ0n) is 14.6. The molecule has 1 aromatic carbocycles. The summed E-state index contributed by atoms with van der Waals surface area (Å²) in [7, 11) is 0. The molecule has 1 N–H and O–H groups in total. The number of rotatable bonds is 1. The molecule has 0 bridgehead atoms. The van der Waals surface area contributed by atoms with Gasteiger partial charge in [-0.15, -0.1) is 0 Å². The molecular weight excluding hydrogens is 264 g/mol. The minimum Gasteiger partial charge on any atom is -0.355 e. The fourth-order valence-electron chi connectivity index (χ4n) is 2.38. The molecule has 0 fully saturated rings. The van der Waals surface area contributed by atoms with E-state index in [0.29, 0.717) is 24.4 Å². The zero-order chi connectivity index (χ0) is 17.5. The van der Waals surface area contributed by atoms with E-state index in [-0.39, 0.29) is 11.4 Å². The van der Waals surface area contributed by atoms with Crippen molar-refractivity contribution in [1.29, 1.82) is 5.26 Å². The Bertz CT molecular complexity index is 888. The van der Waals surface area contributed by atoms with Crippen molar-refractivity contribution in [3.8, 4) is 6.07 Å². The van der Waals surface area contributed by atoms with Crippen molar-refractivity contribution in [2.45, 2.75) is 19.7 Å². The van der Waals surface area contributed by atoms with Crippen LogP contribution in [0.1, 0.15) is 26.6 Å². The van der Waals surface area contributed by atoms with Crippen molar-refractivity contribution in [2.24, 2.45) is 0 Å². The number of benzene rings is 1. The Kier molecular flexibility index (Phi) is 2.62. The highest BCUT2D eigenvalue weighted by atomic mass is 16.1. The highest BCUT2D eigenvalue weighted by Crippen LogP contribution is 2.20. The standard InChI is InChI=1S/C16H16N4O/c1-11-18-15(14(10-17)16(21)19-11)20-8-6-12-4-2-3-5-13(12)7-9-20/h2-5H,6-9H2,1H3,(H,18,19,21)/i6T2,8T. The number of nitrogens with one attached hydrogen (secondary N) is 1. The smallest absolute Gasteiger partial charge is 0.271 e. The Morgan fingerprint density at radius 1 is 1.43 bits per heavy atom. The number of aromatic nitrogens is 2. The van der Waals surface area contributed by atoms with Crippen LogP contribution in [0.2, 0.25) is 0 Å². The molecule has 2 heterocycles. The topological polar surface area (TPSA) is 72.8 Å². The predicted octanol–water partition coefficient (Wildman–Crippen LogP) is 1.56. The first kappa shape index (κ1) is 10.2. The Hall–Kier alpha value is -2.61. The van der Waals surface area contributed by atoms with Gasteiger partial charge in [0.1, 0.15) is 11.9 Å². The van der Waals surface area contributed by atoms with Gasteiger partial charge in [-0.3, -0.25) is 4.79 Å². The molecule has 5 nitrogen and oxygen atoms in total. The minimum absolute atomic E-state index is 0.0652. The van der Waals surface area contributed by atoms with Gasteiger partial charge >= 0.3 is 0 Å². The Morgan fingerprint density at radius 2 is 2.19 bits per heavy atom. The molecule has 1 atom stereocenters. The molecule has 1 aliphatic heterocycles. The SMILES string of the molecule is [3H]C1N(c2nc(C)[nH]c(=O)c2C#N)CCc2ccccc2C1([3H])[3H]. The van der Waals surface area contributed by atoms with Crippen molar-refractivity contribution in [3.05, 3.63) is 57.1 Å². The number of anilines is 1. The molecule has 2 aromatic rings. The normalized spacial score (nSPS) is 22.2. The van der Waals surface area contributed by atoms with E-state index in [0.717, 1.165) is 5.56 Å². The Morgan fingerprint density at radius 3 is 2.95 bits per heavy atom. The summed E-state index contributed by atoms with van der Waals surface area (Å²) in [6, 6.07) is 8.92. The van der Waals surface area contributed by atoms with Crippen molar-refractivity contribution in [1.82, 2.24) is 9.97 Å². The van der Waals surface area contributed by atoms with E-state index >= 15 is 0 Å². The van der Waals surface area contributed by atoms with Crippen molar-refractivity contribution in [3.63, 3.8) is 0 Å². The van der Waals surface area contributed by atoms with E-state index in [1.807, 2.05) is 18.2 Å². The molecule has 1 unspecified atom stereocenters. The highest BCUT2D eigenvalue weighted by molar-refractivity contribution is 5.53. The van der Waals surface area contributed by atoms with Gasteiger partial charge in [-0.05, 0) is 30.8 Å². The van der Waals surface area contributed by atoms with E-state index in [9.17, 15) is 10.1 Å². The lowest BCUT2D eigenvalue weighted by Crippen LogP contribution is -2.31. The molecule has 0 spiro atoms. The highest BCUT2D eigenvalue weighted by Gasteiger charge is 2.20. The van der Waals surface area contributed by atoms with Crippen molar-refractivity contribution < 1.29 is 4.11 Å². The number of fused-ring (bicyclic) bond motifs is 1. The van der Waals surface area contributed by atoms with E-state index < -0.39 is 18.5 Å². The molecule has 21 heavy (non-hydrogen) atoms. The van der Waals surface area contributed by atoms with Crippen LogP contribution in [-0.4, -0.2) is 23.0 Å². The average Bonchev–Trinajstić information content (AvgIpc) is 2.63. The average molecular weight is 286 g/mol. The summed E-state index contributed by atoms with van der Waals surface area (Å²) < 4.78 is 25.3. The van der Waals surface area contributed by atoms with Gasteiger partial charge in [-0.2, -0.15) is 5.26 Å². The van der Waals surface area contributed by atoms with Gasteiger partial charge in [0.05, 0.1) is 0 Å². The quantitative estimate of drug-likeness (QED) is 0.863. The fourth-order valence-corrected chi connectivity index (χ4v) is 2.38. The summed E-state index contributed by atoms with van der Waals surface area (Å²) in [5.74, 6) is 0.388. The third-order valence-corrected chi connectivity index (χ3v) is 3.42. The number of hydrogen-bond acceptors (Lipinski definition) is 4. The van der Waals surface area contributed by atoms with Gasteiger partial charge in [0.2, 0.25) is 0 Å². The van der Waals surface area contributed by atoms with Gasteiger partial charge in [0.15, 0.2) is 11.4 Å². The molecule has 0 aliphatic carbocycles. The molecule has 0 saturated carbocycles. The first-order chi connectivity index (χ1) is 11.4. The first-order valence-corrected chi connectivity index (χ1v) is 6.64. The lowest BCUT2D eigenvalue weighted by Gasteiger charge is -2.22. The number of aromatic amines is 1. The third-order valence-electron chi connectivity index (χ3n) is 3.42. The number of nitriles is 1. The maximum absolute atomic E-state index is 12.0. The third kappa shape index (κ3) is 2.52. The van der Waals surface area contributed by atoms with Gasteiger partial charge in [0.25, 0.3) is 5.56 Å². The number of hydrogen-bond donors (Lipinski definition) is 1. The second kappa shape index (κ2) is 5.41. The summed E-state index contributed by atoms with van der Waals surface area (Å²) >= 11 is 0. The molecule has 3 rings (SSSR count). The largest absolute Gasteiger partial charge is 0.355 e. The Labute approximate surface area is 127 Å². The summed E-state index contributed by atoms with van der Waals surface area (Å²) in [5, 5.41) is 9.29. The van der Waals surface area contributed by atoms with Crippen LogP contribution >= 0.6 is 0 Å². The lowest BCUT2D eigenvalue weighted by molar-refractivity contribution is 0.779. The summed E-state index contributed by atoms with van der Waals surface area (Å²) in [6.07, 6.45) is -1.46. The fraction of sp³-hybridized carbons (Fsp3) is 0.312. The number of H-pyrrole nitrogens is 1. The lowest BCUT2D eigenvalue weighted by atomic mass is 10.0. The maximum Gasteiger partial charge on any atom is 0.271 e. The van der Waals surface area contributed by atoms with E-state index in [2.05, 4.69) is 9.97 Å². The molecular formula is C16H16N4O. The minimum atomic E-state index is -1.96. The van der Waals surface area contributed by atoms with Crippen LogP contribution in [0.15, 0.2) is 29.1 Å². The first-order valence-electron chi connectivity index (χ1n) is 8.22. The second-order valence-corrected chi connectivity index (χ2v) is 4.84. The summed E-state index contributed by atoms with van der Waals surface area (Å²) in [5.41, 5.74) is 0.518. The monoisotopic (exact) mass is 286 g/mol. The Balaban J connectivity index is 2.16. The number of aryl methyl sites for hydroxylation is 2. The molecule has 0 radical (unpaired) electrons. The van der Waals surface area contributed by atoms with Crippen molar-refractivity contribution in [2.75, 3.05) is 18.0 Å². The molecule has 1 aromatic heterocycles. The van der Waals surface area contributed by atoms with E-state index in [4.69, 9.17) is 4.11 Å². The zero-order valence-corrected chi connectivity index (χ0v) is 11.6. The molecule has 1 aliphatic rings. The van der Waals surface area contributed by atoms with Gasteiger partial charge < -0.3 is 9.88 Å². The van der Waals surface area contributed by atoms with Gasteiger partial charge in [-0.1, -0.05) is 24.3 Å². The molecule has 5 heteroatoms. The van der Waals surface area contributed by atoms with Crippen LogP contribution in [0.25, 0.3) is 0 Å². The molecule has 0 saturated heterocycles. The van der Waals surface area contributed by atoms with Gasteiger partial charge in [-0.25, -0.2) is 4.98 Å². The van der Waals surface area contributed by atoms with Gasteiger partial charge in [0, 0.05) is 17.2 Å². The number of nitrogens with zero attached hydrogens (tertiary/aromatic N) is 3. The second-order valence-electron chi connectivity index (χ2n) is 4.84. The molecule has 106 valence electrons. The molecule has 0 amide bonds. The van der Waals surface area contributed by atoms with Crippen LogP contribution < -0.4 is 10.5 Å². The van der Waals surface area contributed by atoms with Crippen LogP contribution in [0.5, 0.6) is 0 Å². The van der Waals surface area contributed by atoms with Crippen LogP contribution in [-0.2, 0) is 12.8 Å². The predicted molar refractivity (Wildman–Crippen MR) is 80.4 cm³/mol. The van der Waals surface area contributed by atoms with Crippen LogP contribution in [0.3, 0.4) is 0 Å². The van der Waals surface area contributed by atoms with E-state index in [1.54, 1.807) is 19.1 Å². The summed E-state index contributed by atoms with van der Waals surface area (Å²) in [4.78, 5) is 20.1. The van der Waals surface area contributed by atoms with Crippen molar-refractivity contribution >= 4 is 5.82 Å².